The fourth-order valence-corrected chi connectivity index (χ4v) is 2.09. The molecule has 20 heavy (non-hydrogen) atoms. The summed E-state index contributed by atoms with van der Waals surface area (Å²) in [6.07, 6.45) is 0. The van der Waals surface area contributed by atoms with Gasteiger partial charge in [-0.05, 0) is 30.3 Å². The maximum atomic E-state index is 12.2. The third-order valence-corrected chi connectivity index (χ3v) is 3.26. The van der Waals surface area contributed by atoms with Crippen LogP contribution in [0.4, 0.5) is 11.4 Å². The van der Waals surface area contributed by atoms with Gasteiger partial charge in [-0.2, -0.15) is 5.26 Å². The fourth-order valence-electron chi connectivity index (χ4n) is 1.66. The van der Waals surface area contributed by atoms with Gasteiger partial charge in [-0.25, -0.2) is 0 Å². The monoisotopic (exact) mass is 305 g/mol. The molecule has 2 rings (SSSR count). The van der Waals surface area contributed by atoms with E-state index in [9.17, 15) is 4.79 Å². The standard InChI is InChI=1S/C14H9Cl2N3O/c15-9-5-4-8(7-17)6-12(9)19-14(20)13-10(16)2-1-3-11(13)18/h1-6H,18H2,(H,19,20). The van der Waals surface area contributed by atoms with Gasteiger partial charge in [-0.3, -0.25) is 4.79 Å². The molecule has 0 unspecified atom stereocenters. The Morgan fingerprint density at radius 3 is 2.60 bits per heavy atom. The van der Waals surface area contributed by atoms with Crippen molar-refractivity contribution >= 4 is 40.5 Å². The smallest absolute Gasteiger partial charge is 0.259 e. The van der Waals surface area contributed by atoms with Crippen molar-refractivity contribution in [2.24, 2.45) is 0 Å². The number of nitrogens with one attached hydrogen (secondary N) is 1. The second-order valence-corrected chi connectivity index (χ2v) is 4.78. The Balaban J connectivity index is 2.36. The number of hydrogen-bond donors (Lipinski definition) is 2. The van der Waals surface area contributed by atoms with Gasteiger partial charge in [-0.15, -0.1) is 0 Å². The topological polar surface area (TPSA) is 78.9 Å². The molecule has 100 valence electrons. The van der Waals surface area contributed by atoms with Crippen molar-refractivity contribution in [2.45, 2.75) is 0 Å². The van der Waals surface area contributed by atoms with Crippen LogP contribution in [0.25, 0.3) is 0 Å². The highest BCUT2D eigenvalue weighted by molar-refractivity contribution is 6.36. The highest BCUT2D eigenvalue weighted by atomic mass is 35.5. The molecule has 0 fully saturated rings. The summed E-state index contributed by atoms with van der Waals surface area (Å²) in [6, 6.07) is 11.3. The summed E-state index contributed by atoms with van der Waals surface area (Å²) >= 11 is 11.9. The zero-order valence-corrected chi connectivity index (χ0v) is 11.7. The maximum Gasteiger partial charge on any atom is 0.259 e. The Hall–Kier alpha value is -2.22. The van der Waals surface area contributed by atoms with Crippen LogP contribution in [0, 0.1) is 11.3 Å². The predicted octanol–water partition coefficient (Wildman–Crippen LogP) is 3.70. The van der Waals surface area contributed by atoms with Crippen molar-refractivity contribution in [2.75, 3.05) is 11.1 Å². The van der Waals surface area contributed by atoms with Crippen molar-refractivity contribution < 1.29 is 4.79 Å². The molecule has 2 aromatic rings. The number of halogens is 2. The Kier molecular flexibility index (Phi) is 4.14. The van der Waals surface area contributed by atoms with E-state index < -0.39 is 5.91 Å². The summed E-state index contributed by atoms with van der Waals surface area (Å²) in [5, 5.41) is 12.0. The van der Waals surface area contributed by atoms with Gasteiger partial charge in [-0.1, -0.05) is 29.3 Å². The minimum Gasteiger partial charge on any atom is -0.398 e. The Morgan fingerprint density at radius 2 is 1.95 bits per heavy atom. The molecule has 6 heteroatoms. The molecule has 0 heterocycles. The van der Waals surface area contributed by atoms with Crippen LogP contribution in [0.3, 0.4) is 0 Å². The first-order valence-corrected chi connectivity index (χ1v) is 6.33. The van der Waals surface area contributed by atoms with Crippen LogP contribution in [0.2, 0.25) is 10.0 Å². The number of benzene rings is 2. The summed E-state index contributed by atoms with van der Waals surface area (Å²) in [6.45, 7) is 0. The fraction of sp³-hybridized carbons (Fsp3) is 0. The Labute approximate surface area is 125 Å². The Bertz CT molecular complexity index is 703. The molecule has 0 radical (unpaired) electrons. The van der Waals surface area contributed by atoms with Crippen molar-refractivity contribution in [1.82, 2.24) is 0 Å². The number of anilines is 2. The van der Waals surface area contributed by atoms with Gasteiger partial charge in [0.2, 0.25) is 0 Å². The van der Waals surface area contributed by atoms with Crippen molar-refractivity contribution in [1.29, 1.82) is 5.26 Å². The zero-order valence-electron chi connectivity index (χ0n) is 10.2. The maximum absolute atomic E-state index is 12.2. The van der Waals surface area contributed by atoms with E-state index in [-0.39, 0.29) is 16.3 Å². The normalized spacial score (nSPS) is 9.85. The van der Waals surface area contributed by atoms with Crippen LogP contribution in [-0.2, 0) is 0 Å². The van der Waals surface area contributed by atoms with E-state index >= 15 is 0 Å². The minimum atomic E-state index is -0.481. The molecule has 0 aromatic heterocycles. The first-order valence-electron chi connectivity index (χ1n) is 5.58. The number of nitrogens with two attached hydrogens (primary N) is 1. The van der Waals surface area contributed by atoms with E-state index in [4.69, 9.17) is 34.2 Å². The molecule has 1 amide bonds. The number of nitriles is 1. The summed E-state index contributed by atoms with van der Waals surface area (Å²) in [5.41, 5.74) is 6.89. The van der Waals surface area contributed by atoms with Gasteiger partial charge in [0.1, 0.15) is 0 Å². The molecule has 0 saturated heterocycles. The number of nitrogens with zero attached hydrogens (tertiary/aromatic N) is 1. The highest BCUT2D eigenvalue weighted by Gasteiger charge is 2.15. The molecule has 3 N–H and O–H groups in total. The summed E-state index contributed by atoms with van der Waals surface area (Å²) in [5.74, 6) is -0.481. The first-order chi connectivity index (χ1) is 9.52. The quantitative estimate of drug-likeness (QED) is 0.830. The molecule has 0 aliphatic rings. The van der Waals surface area contributed by atoms with Crippen molar-refractivity contribution in [3.63, 3.8) is 0 Å². The van der Waals surface area contributed by atoms with Gasteiger partial charge in [0, 0.05) is 5.69 Å². The van der Waals surface area contributed by atoms with Crippen LogP contribution >= 0.6 is 23.2 Å². The molecule has 0 spiro atoms. The average Bonchev–Trinajstić information content (AvgIpc) is 2.41. The summed E-state index contributed by atoms with van der Waals surface area (Å²) in [4.78, 5) is 12.2. The number of nitrogen functional groups attached to an aromatic ring is 1. The van der Waals surface area contributed by atoms with E-state index in [1.54, 1.807) is 24.3 Å². The highest BCUT2D eigenvalue weighted by Crippen LogP contribution is 2.26. The van der Waals surface area contributed by atoms with Crippen LogP contribution in [0.1, 0.15) is 15.9 Å². The summed E-state index contributed by atoms with van der Waals surface area (Å²) < 4.78 is 0. The van der Waals surface area contributed by atoms with Crippen LogP contribution in [0.15, 0.2) is 36.4 Å². The lowest BCUT2D eigenvalue weighted by Crippen LogP contribution is -2.15. The first kappa shape index (κ1) is 14.2. The van der Waals surface area contributed by atoms with E-state index in [1.165, 1.54) is 12.1 Å². The number of carbonyl (C=O) groups excluding carboxylic acids is 1. The van der Waals surface area contributed by atoms with Crippen molar-refractivity contribution in [3.8, 4) is 6.07 Å². The number of hydrogen-bond acceptors (Lipinski definition) is 3. The molecule has 0 saturated carbocycles. The van der Waals surface area contributed by atoms with Crippen LogP contribution < -0.4 is 11.1 Å². The van der Waals surface area contributed by atoms with Gasteiger partial charge in [0.15, 0.2) is 0 Å². The van der Waals surface area contributed by atoms with Crippen LogP contribution in [-0.4, -0.2) is 5.91 Å². The molecular formula is C14H9Cl2N3O. The molecule has 2 aromatic carbocycles. The number of rotatable bonds is 2. The zero-order chi connectivity index (χ0) is 14.7. The lowest BCUT2D eigenvalue weighted by molar-refractivity contribution is 0.102. The molecule has 0 bridgehead atoms. The number of amides is 1. The lowest BCUT2D eigenvalue weighted by Gasteiger charge is -2.10. The van der Waals surface area contributed by atoms with Gasteiger partial charge in [0.05, 0.1) is 32.9 Å². The van der Waals surface area contributed by atoms with E-state index in [2.05, 4.69) is 5.32 Å². The lowest BCUT2D eigenvalue weighted by atomic mass is 10.1. The van der Waals surface area contributed by atoms with E-state index in [0.29, 0.717) is 16.3 Å². The average molecular weight is 306 g/mol. The molecule has 0 atom stereocenters. The number of carbonyl (C=O) groups is 1. The Morgan fingerprint density at radius 1 is 1.20 bits per heavy atom. The largest absolute Gasteiger partial charge is 0.398 e. The molecule has 4 nitrogen and oxygen atoms in total. The van der Waals surface area contributed by atoms with Crippen LogP contribution in [0.5, 0.6) is 0 Å². The van der Waals surface area contributed by atoms with E-state index in [1.807, 2.05) is 6.07 Å². The van der Waals surface area contributed by atoms with Crippen molar-refractivity contribution in [3.05, 3.63) is 57.6 Å². The van der Waals surface area contributed by atoms with E-state index in [0.717, 1.165) is 0 Å². The second kappa shape index (κ2) is 5.83. The van der Waals surface area contributed by atoms with Gasteiger partial charge >= 0.3 is 0 Å². The third kappa shape index (κ3) is 2.85. The summed E-state index contributed by atoms with van der Waals surface area (Å²) in [7, 11) is 0. The molecule has 0 aliphatic heterocycles. The van der Waals surface area contributed by atoms with Gasteiger partial charge < -0.3 is 11.1 Å². The van der Waals surface area contributed by atoms with Gasteiger partial charge in [0.25, 0.3) is 5.91 Å². The second-order valence-electron chi connectivity index (χ2n) is 3.96. The molecular weight excluding hydrogens is 297 g/mol. The minimum absolute atomic E-state index is 0.174. The molecule has 0 aliphatic carbocycles. The third-order valence-electron chi connectivity index (χ3n) is 2.62. The SMILES string of the molecule is N#Cc1ccc(Cl)c(NC(=O)c2c(N)cccc2Cl)c1. The predicted molar refractivity (Wildman–Crippen MR) is 80.0 cm³/mol.